The first-order chi connectivity index (χ1) is 21.2. The minimum Gasteiger partial charge on any atom is -0.507 e. The van der Waals surface area contributed by atoms with Crippen LogP contribution >= 0.6 is 0 Å². The van der Waals surface area contributed by atoms with Gasteiger partial charge in [0.1, 0.15) is 5.75 Å². The highest BCUT2D eigenvalue weighted by atomic mass is 16.3. The maximum Gasteiger partial charge on any atom is 0.123 e. The van der Waals surface area contributed by atoms with Crippen molar-refractivity contribution in [2.75, 3.05) is 0 Å². The Bertz CT molecular complexity index is 2500. The van der Waals surface area contributed by atoms with E-state index >= 15 is 0 Å². The van der Waals surface area contributed by atoms with Gasteiger partial charge in [-0.05, 0) is 118 Å². The predicted molar refractivity (Wildman–Crippen MR) is 183 cm³/mol. The molecule has 9 rings (SSSR count). The average Bonchev–Trinajstić information content (AvgIpc) is 3.06. The van der Waals surface area contributed by atoms with Gasteiger partial charge < -0.3 is 5.11 Å². The molecule has 1 N–H and O–H groups in total. The fourth-order valence-corrected chi connectivity index (χ4v) is 7.20. The second-order valence-corrected chi connectivity index (χ2v) is 11.8. The molecule has 1 aliphatic carbocycles. The fraction of sp³-hybridized carbons (Fsp3) is 0.0476. The summed E-state index contributed by atoms with van der Waals surface area (Å²) in [5.41, 5.74) is 6.68. The highest BCUT2D eigenvalue weighted by Gasteiger charge is 2.14. The lowest BCUT2D eigenvalue weighted by Gasteiger charge is -2.15. The second-order valence-electron chi connectivity index (χ2n) is 11.8. The molecular formula is C42H28O. The number of fused-ring (bicyclic) bond motifs is 2. The Kier molecular flexibility index (Phi) is 5.24. The number of rotatable bonds is 3. The van der Waals surface area contributed by atoms with Gasteiger partial charge in [-0.15, -0.1) is 0 Å². The van der Waals surface area contributed by atoms with Crippen molar-refractivity contribution in [1.29, 1.82) is 0 Å². The van der Waals surface area contributed by atoms with Crippen LogP contribution in [0.15, 0.2) is 127 Å². The van der Waals surface area contributed by atoms with Crippen LogP contribution < -0.4 is 10.4 Å². The highest BCUT2D eigenvalue weighted by Crippen LogP contribution is 2.40. The van der Waals surface area contributed by atoms with Gasteiger partial charge >= 0.3 is 0 Å². The van der Waals surface area contributed by atoms with Crippen molar-refractivity contribution in [3.05, 3.63) is 138 Å². The SMILES string of the molecule is Oc1ccc(-c2ccc3ccc(-c4ccc5ccc6cccc7ccc4c5c67)cc3c2)cc1-c1cccc2c1=CCCC=2. The number of aromatic hydroxyl groups is 1. The summed E-state index contributed by atoms with van der Waals surface area (Å²) in [4.78, 5) is 0. The van der Waals surface area contributed by atoms with Crippen LogP contribution in [-0.4, -0.2) is 5.11 Å². The first kappa shape index (κ1) is 24.2. The Morgan fingerprint density at radius 3 is 1.95 bits per heavy atom. The molecular weight excluding hydrogens is 520 g/mol. The van der Waals surface area contributed by atoms with E-state index in [-0.39, 0.29) is 0 Å². The number of hydrogen-bond donors (Lipinski definition) is 1. The van der Waals surface area contributed by atoms with Crippen molar-refractivity contribution in [3.8, 4) is 39.1 Å². The lowest BCUT2D eigenvalue weighted by atomic mass is 9.89. The van der Waals surface area contributed by atoms with E-state index in [0.29, 0.717) is 5.75 Å². The van der Waals surface area contributed by atoms with Gasteiger partial charge in [-0.1, -0.05) is 115 Å². The standard InChI is InChI=1S/C42H28O/c43-40-22-19-32(25-39(40)37-10-4-6-27-5-1-2-9-35(27)37)31-15-11-26-12-16-33(24-34(26)23-31)36-20-17-30-14-13-28-7-3-8-29-18-21-38(36)42(30)41(28)29/h3-25,43H,1-2H2. The minimum atomic E-state index is 0.313. The zero-order valence-corrected chi connectivity index (χ0v) is 23.6. The number of benzene rings is 8. The van der Waals surface area contributed by atoms with Gasteiger partial charge in [0.25, 0.3) is 0 Å². The fourth-order valence-electron chi connectivity index (χ4n) is 7.20. The lowest BCUT2D eigenvalue weighted by Crippen LogP contribution is -2.28. The predicted octanol–water partition coefficient (Wildman–Crippen LogP) is 9.80. The van der Waals surface area contributed by atoms with E-state index in [9.17, 15) is 5.11 Å². The Hall–Kier alpha value is -5.40. The zero-order chi connectivity index (χ0) is 28.5. The highest BCUT2D eigenvalue weighted by molar-refractivity contribution is 6.25. The topological polar surface area (TPSA) is 20.2 Å². The van der Waals surface area contributed by atoms with Crippen molar-refractivity contribution < 1.29 is 5.11 Å². The monoisotopic (exact) mass is 548 g/mol. The van der Waals surface area contributed by atoms with E-state index in [0.717, 1.165) is 35.1 Å². The molecule has 1 heteroatoms. The van der Waals surface area contributed by atoms with Crippen LogP contribution in [0.4, 0.5) is 0 Å². The third-order valence-electron chi connectivity index (χ3n) is 9.32. The van der Waals surface area contributed by atoms with Crippen LogP contribution in [-0.2, 0) is 0 Å². The van der Waals surface area contributed by atoms with E-state index in [1.807, 2.05) is 12.1 Å². The molecule has 0 fully saturated rings. The van der Waals surface area contributed by atoms with Crippen molar-refractivity contribution in [1.82, 2.24) is 0 Å². The summed E-state index contributed by atoms with van der Waals surface area (Å²) in [6, 6.07) is 46.0. The minimum absolute atomic E-state index is 0.313. The molecule has 0 aromatic heterocycles. The summed E-state index contributed by atoms with van der Waals surface area (Å²) in [7, 11) is 0. The molecule has 1 nitrogen and oxygen atoms in total. The molecule has 0 heterocycles. The van der Waals surface area contributed by atoms with Gasteiger partial charge in [0.05, 0.1) is 0 Å². The summed E-state index contributed by atoms with van der Waals surface area (Å²) in [6.45, 7) is 0. The normalized spacial score (nSPS) is 12.9. The average molecular weight is 549 g/mol. The molecule has 0 saturated heterocycles. The van der Waals surface area contributed by atoms with Gasteiger partial charge in [0.2, 0.25) is 0 Å². The Morgan fingerprint density at radius 2 is 1.07 bits per heavy atom. The molecule has 1 aliphatic rings. The van der Waals surface area contributed by atoms with Crippen LogP contribution in [0.2, 0.25) is 0 Å². The molecule has 202 valence electrons. The Balaban J connectivity index is 1.19. The van der Waals surface area contributed by atoms with E-state index in [4.69, 9.17) is 0 Å². The van der Waals surface area contributed by atoms with Crippen LogP contribution in [0.5, 0.6) is 5.75 Å². The summed E-state index contributed by atoms with van der Waals surface area (Å²) in [5, 5.41) is 23.7. The van der Waals surface area contributed by atoms with Crippen molar-refractivity contribution in [3.63, 3.8) is 0 Å². The largest absolute Gasteiger partial charge is 0.507 e. The van der Waals surface area contributed by atoms with E-state index in [2.05, 4.69) is 127 Å². The van der Waals surface area contributed by atoms with Gasteiger partial charge in [-0.3, -0.25) is 0 Å². The van der Waals surface area contributed by atoms with E-state index < -0.39 is 0 Å². The first-order valence-electron chi connectivity index (χ1n) is 15.1. The molecule has 8 aromatic carbocycles. The van der Waals surface area contributed by atoms with Crippen molar-refractivity contribution >= 4 is 55.2 Å². The molecule has 0 saturated carbocycles. The molecule has 0 radical (unpaired) electrons. The summed E-state index contributed by atoms with van der Waals surface area (Å²) in [6.07, 6.45) is 6.69. The molecule has 0 spiro atoms. The van der Waals surface area contributed by atoms with E-state index in [1.165, 1.54) is 64.7 Å². The second kappa shape index (κ2) is 9.31. The molecule has 43 heavy (non-hydrogen) atoms. The Morgan fingerprint density at radius 1 is 0.419 bits per heavy atom. The maximum absolute atomic E-state index is 10.9. The number of hydrogen-bond acceptors (Lipinski definition) is 1. The van der Waals surface area contributed by atoms with Gasteiger partial charge in [0, 0.05) is 5.56 Å². The molecule has 0 aliphatic heterocycles. The van der Waals surface area contributed by atoms with Crippen LogP contribution in [0.25, 0.3) is 88.6 Å². The molecule has 0 bridgehead atoms. The third-order valence-corrected chi connectivity index (χ3v) is 9.32. The number of phenolic OH excluding ortho intramolecular Hbond substituents is 1. The van der Waals surface area contributed by atoms with Gasteiger partial charge in [-0.2, -0.15) is 0 Å². The van der Waals surface area contributed by atoms with E-state index in [1.54, 1.807) is 0 Å². The first-order valence-corrected chi connectivity index (χ1v) is 15.1. The summed E-state index contributed by atoms with van der Waals surface area (Å²) >= 11 is 0. The maximum atomic E-state index is 10.9. The molecule has 0 atom stereocenters. The van der Waals surface area contributed by atoms with Crippen molar-refractivity contribution in [2.45, 2.75) is 12.8 Å². The third kappa shape index (κ3) is 3.78. The quantitative estimate of drug-likeness (QED) is 0.218. The summed E-state index contributed by atoms with van der Waals surface area (Å²) < 4.78 is 0. The smallest absolute Gasteiger partial charge is 0.123 e. The Labute approximate surface area is 249 Å². The van der Waals surface area contributed by atoms with Gasteiger partial charge in [-0.25, -0.2) is 0 Å². The number of phenols is 1. The summed E-state index contributed by atoms with van der Waals surface area (Å²) in [5.74, 6) is 0.313. The zero-order valence-electron chi connectivity index (χ0n) is 23.6. The lowest BCUT2D eigenvalue weighted by molar-refractivity contribution is 0.477. The molecule has 8 aromatic rings. The molecule has 0 amide bonds. The van der Waals surface area contributed by atoms with Gasteiger partial charge in [0.15, 0.2) is 0 Å². The van der Waals surface area contributed by atoms with Crippen LogP contribution in [0.3, 0.4) is 0 Å². The van der Waals surface area contributed by atoms with Crippen molar-refractivity contribution in [2.24, 2.45) is 0 Å². The van der Waals surface area contributed by atoms with Crippen LogP contribution in [0, 0.1) is 0 Å². The molecule has 0 unspecified atom stereocenters. The van der Waals surface area contributed by atoms with Crippen LogP contribution in [0.1, 0.15) is 12.8 Å².